The first-order valence-corrected chi connectivity index (χ1v) is 10.3. The molecule has 142 valence electrons. The van der Waals surface area contributed by atoms with Crippen LogP contribution in [0, 0.1) is 0 Å². The highest BCUT2D eigenvalue weighted by Crippen LogP contribution is 2.49. The normalized spacial score (nSPS) is 11.2. The molecule has 0 heterocycles. The smallest absolute Gasteiger partial charge is 0.394 e. The Morgan fingerprint density at radius 1 is 0.739 bits per heavy atom. The van der Waals surface area contributed by atoms with Crippen LogP contribution in [0.4, 0.5) is 0 Å². The fraction of sp³-hybridized carbons (Fsp3) is 1.00. The molecular weight excluding hydrogens is 319 g/mol. The van der Waals surface area contributed by atoms with E-state index in [0.29, 0.717) is 33.0 Å². The van der Waals surface area contributed by atoms with Crippen LogP contribution in [0.2, 0.25) is 0 Å². The molecule has 0 amide bonds. The molecule has 0 rings (SSSR count). The van der Waals surface area contributed by atoms with Gasteiger partial charge in [0, 0.05) is 6.61 Å². The molecule has 0 radical (unpaired) electrons. The molecule has 0 saturated carbocycles. The van der Waals surface area contributed by atoms with E-state index in [9.17, 15) is 4.57 Å². The molecule has 0 aromatic carbocycles. The van der Waals surface area contributed by atoms with E-state index in [0.717, 1.165) is 38.5 Å². The first kappa shape index (κ1) is 25.3. The molecule has 23 heavy (non-hydrogen) atoms. The summed E-state index contributed by atoms with van der Waals surface area (Å²) in [4.78, 5) is 0. The van der Waals surface area contributed by atoms with Crippen molar-refractivity contribution >= 4 is 7.82 Å². The maximum atomic E-state index is 12.2. The minimum Gasteiger partial charge on any atom is -0.394 e. The second-order valence-corrected chi connectivity index (χ2v) is 6.60. The molecule has 0 aliphatic heterocycles. The lowest BCUT2D eigenvalue weighted by atomic mass is 10.4. The van der Waals surface area contributed by atoms with Crippen LogP contribution in [0.15, 0.2) is 0 Å². The minimum atomic E-state index is -3.31. The Labute approximate surface area is 142 Å². The summed E-state index contributed by atoms with van der Waals surface area (Å²) in [5.41, 5.74) is 0. The van der Waals surface area contributed by atoms with Gasteiger partial charge in [-0.05, 0) is 26.2 Å². The van der Waals surface area contributed by atoms with Crippen molar-refractivity contribution in [2.45, 2.75) is 66.2 Å². The largest absolute Gasteiger partial charge is 0.474 e. The predicted octanol–water partition coefficient (Wildman–Crippen LogP) is 4.56. The quantitative estimate of drug-likeness (QED) is 0.342. The molecule has 6 nitrogen and oxygen atoms in total. The van der Waals surface area contributed by atoms with Gasteiger partial charge >= 0.3 is 7.82 Å². The maximum Gasteiger partial charge on any atom is 0.474 e. The molecule has 0 aromatic rings. The minimum absolute atomic E-state index is 0.133. The van der Waals surface area contributed by atoms with Crippen molar-refractivity contribution in [2.75, 3.05) is 39.6 Å². The highest BCUT2D eigenvalue weighted by molar-refractivity contribution is 7.48. The third-order valence-electron chi connectivity index (χ3n) is 2.68. The molecule has 0 aliphatic rings. The van der Waals surface area contributed by atoms with Gasteiger partial charge in [-0.1, -0.05) is 40.0 Å². The van der Waals surface area contributed by atoms with E-state index >= 15 is 0 Å². The summed E-state index contributed by atoms with van der Waals surface area (Å²) >= 11 is 0. The van der Waals surface area contributed by atoms with Crippen LogP contribution in [0.1, 0.15) is 66.2 Å². The van der Waals surface area contributed by atoms with Crippen LogP contribution < -0.4 is 0 Å². The number of hydrogen-bond acceptors (Lipinski definition) is 6. The first-order valence-electron chi connectivity index (χ1n) is 8.82. The molecule has 0 aromatic heterocycles. The van der Waals surface area contributed by atoms with E-state index in [4.69, 9.17) is 23.4 Å². The average Bonchev–Trinajstić information content (AvgIpc) is 2.54. The lowest BCUT2D eigenvalue weighted by molar-refractivity contribution is 0.102. The predicted molar refractivity (Wildman–Crippen MR) is 93.8 cm³/mol. The van der Waals surface area contributed by atoms with Crippen molar-refractivity contribution in [3.8, 4) is 0 Å². The molecule has 0 aliphatic carbocycles. The third-order valence-corrected chi connectivity index (χ3v) is 4.18. The third kappa shape index (κ3) is 20.0. The van der Waals surface area contributed by atoms with E-state index in [1.54, 1.807) is 0 Å². The number of rotatable bonds is 15. The van der Waals surface area contributed by atoms with Crippen LogP contribution in [-0.4, -0.2) is 44.7 Å². The molecule has 0 atom stereocenters. The Kier molecular flexibility index (Phi) is 22.1. The zero-order valence-electron chi connectivity index (χ0n) is 15.4. The first-order chi connectivity index (χ1) is 11.1. The summed E-state index contributed by atoms with van der Waals surface area (Å²) in [5.74, 6) is 0. The SMILES string of the molecule is CCCCOP(=O)(OCCCC)OCCCC.CCOCCO. The number of hydrogen-bond donors (Lipinski definition) is 1. The van der Waals surface area contributed by atoms with Crippen molar-refractivity contribution in [2.24, 2.45) is 0 Å². The summed E-state index contributed by atoms with van der Waals surface area (Å²) in [6.45, 7) is 10.7. The number of aliphatic hydroxyl groups excluding tert-OH is 1. The Morgan fingerprint density at radius 3 is 1.35 bits per heavy atom. The maximum absolute atomic E-state index is 12.2. The molecule has 0 spiro atoms. The Bertz CT molecular complexity index is 226. The summed E-state index contributed by atoms with van der Waals surface area (Å²) in [6.07, 6.45) is 5.63. The van der Waals surface area contributed by atoms with Crippen molar-refractivity contribution in [1.82, 2.24) is 0 Å². The Morgan fingerprint density at radius 2 is 1.13 bits per heavy atom. The lowest BCUT2D eigenvalue weighted by Gasteiger charge is -2.17. The van der Waals surface area contributed by atoms with Crippen LogP contribution in [0.3, 0.4) is 0 Å². The standard InChI is InChI=1S/C12H27O4P.C4H10O2/c1-4-7-10-14-17(13,15-11-8-5-2)16-12-9-6-3;1-2-6-4-3-5/h4-12H2,1-3H3;5H,2-4H2,1H3. The summed E-state index contributed by atoms with van der Waals surface area (Å²) in [6, 6.07) is 0. The van der Waals surface area contributed by atoms with Crippen molar-refractivity contribution in [3.05, 3.63) is 0 Å². The Hall–Kier alpha value is 0.0300. The number of unbranched alkanes of at least 4 members (excludes halogenated alkanes) is 3. The highest BCUT2D eigenvalue weighted by atomic mass is 31.2. The fourth-order valence-corrected chi connectivity index (χ4v) is 2.56. The zero-order chi connectivity index (χ0) is 17.8. The van der Waals surface area contributed by atoms with Gasteiger partial charge < -0.3 is 9.84 Å². The number of ether oxygens (including phenoxy) is 1. The van der Waals surface area contributed by atoms with Gasteiger partial charge in [0.25, 0.3) is 0 Å². The topological polar surface area (TPSA) is 74.2 Å². The second kappa shape index (κ2) is 20.1. The highest BCUT2D eigenvalue weighted by Gasteiger charge is 2.25. The molecule has 0 unspecified atom stereocenters. The van der Waals surface area contributed by atoms with Gasteiger partial charge in [0.2, 0.25) is 0 Å². The van der Waals surface area contributed by atoms with Gasteiger partial charge in [0.15, 0.2) is 0 Å². The second-order valence-electron chi connectivity index (χ2n) is 4.93. The molecule has 0 fully saturated rings. The van der Waals surface area contributed by atoms with Gasteiger partial charge in [-0.25, -0.2) is 4.57 Å². The van der Waals surface area contributed by atoms with Gasteiger partial charge in [-0.3, -0.25) is 13.6 Å². The molecular formula is C16H37O6P. The summed E-state index contributed by atoms with van der Waals surface area (Å²) < 4.78 is 32.7. The number of phosphoric ester groups is 1. The van der Waals surface area contributed by atoms with Gasteiger partial charge in [-0.2, -0.15) is 0 Å². The van der Waals surface area contributed by atoms with E-state index in [1.165, 1.54) is 0 Å². The van der Waals surface area contributed by atoms with Crippen molar-refractivity contribution in [3.63, 3.8) is 0 Å². The summed E-state index contributed by atoms with van der Waals surface area (Å²) in [7, 11) is -3.31. The van der Waals surface area contributed by atoms with Gasteiger partial charge in [0.05, 0.1) is 33.0 Å². The van der Waals surface area contributed by atoms with E-state index < -0.39 is 7.82 Å². The van der Waals surface area contributed by atoms with Crippen LogP contribution in [0.5, 0.6) is 0 Å². The van der Waals surface area contributed by atoms with E-state index in [-0.39, 0.29) is 6.61 Å². The van der Waals surface area contributed by atoms with Crippen LogP contribution in [-0.2, 0) is 22.9 Å². The van der Waals surface area contributed by atoms with Gasteiger partial charge in [0.1, 0.15) is 0 Å². The lowest BCUT2D eigenvalue weighted by Crippen LogP contribution is -2.03. The van der Waals surface area contributed by atoms with Crippen LogP contribution >= 0.6 is 7.82 Å². The molecule has 1 N–H and O–H groups in total. The van der Waals surface area contributed by atoms with Crippen LogP contribution in [0.25, 0.3) is 0 Å². The number of phosphoric acid groups is 1. The monoisotopic (exact) mass is 356 g/mol. The Balaban J connectivity index is 0. The molecule has 0 bridgehead atoms. The molecule has 0 saturated heterocycles. The van der Waals surface area contributed by atoms with Gasteiger partial charge in [-0.15, -0.1) is 0 Å². The molecule has 7 heteroatoms. The van der Waals surface area contributed by atoms with E-state index in [2.05, 4.69) is 20.8 Å². The fourth-order valence-electron chi connectivity index (χ4n) is 1.28. The average molecular weight is 356 g/mol. The van der Waals surface area contributed by atoms with Crippen molar-refractivity contribution in [1.29, 1.82) is 0 Å². The number of aliphatic hydroxyl groups is 1. The zero-order valence-corrected chi connectivity index (χ0v) is 16.3. The summed E-state index contributed by atoms with van der Waals surface area (Å²) in [5, 5.41) is 8.07. The van der Waals surface area contributed by atoms with Crippen molar-refractivity contribution < 1.29 is 28.0 Å². The van der Waals surface area contributed by atoms with E-state index in [1.807, 2.05) is 6.92 Å².